The van der Waals surface area contributed by atoms with Gasteiger partial charge in [-0.2, -0.15) is 0 Å². The van der Waals surface area contributed by atoms with Crippen molar-refractivity contribution in [2.45, 2.75) is 19.6 Å². The molecule has 0 radical (unpaired) electrons. The molecule has 0 spiro atoms. The summed E-state index contributed by atoms with van der Waals surface area (Å²) in [5.41, 5.74) is 2.37. The van der Waals surface area contributed by atoms with E-state index >= 15 is 0 Å². The number of hydrogen-bond acceptors (Lipinski definition) is 4. The molecule has 2 aromatic rings. The largest absolute Gasteiger partial charge is 0.467 e. The lowest BCUT2D eigenvalue weighted by Gasteiger charge is -2.13. The monoisotopic (exact) mass is 322 g/mol. The second-order valence-corrected chi connectivity index (χ2v) is 5.29. The predicted octanol–water partition coefficient (Wildman–Crippen LogP) is 2.53. The minimum absolute atomic E-state index is 0.160. The fourth-order valence-electron chi connectivity index (χ4n) is 1.97. The highest BCUT2D eigenvalue weighted by Gasteiger charge is 2.09. The summed E-state index contributed by atoms with van der Waals surface area (Å²) < 4.78 is 5.17. The number of aliphatic hydroxyl groups is 1. The minimum Gasteiger partial charge on any atom is -0.467 e. The summed E-state index contributed by atoms with van der Waals surface area (Å²) in [6.07, 6.45) is 0.971. The van der Waals surface area contributed by atoms with E-state index < -0.39 is 6.10 Å². The molecule has 2 rings (SSSR count). The first kappa shape index (κ1) is 16.4. The van der Waals surface area contributed by atoms with Crippen LogP contribution in [0.2, 0.25) is 0 Å². The van der Waals surface area contributed by atoms with Gasteiger partial charge in [0.1, 0.15) is 5.76 Å². The molecule has 0 fully saturated rings. The summed E-state index contributed by atoms with van der Waals surface area (Å²) in [5.74, 6) is 0.726. The predicted molar refractivity (Wildman–Crippen MR) is 86.3 cm³/mol. The molecule has 1 aromatic carbocycles. The highest BCUT2D eigenvalue weighted by atomic mass is 35.5. The van der Waals surface area contributed by atoms with Crippen LogP contribution < -0.4 is 10.6 Å². The molecule has 5 nitrogen and oxygen atoms in total. The van der Waals surface area contributed by atoms with Crippen molar-refractivity contribution < 1.29 is 14.3 Å². The lowest BCUT2D eigenvalue weighted by molar-refractivity contribution is 0.0948. The summed E-state index contributed by atoms with van der Waals surface area (Å²) in [7, 11) is 0. The highest BCUT2D eigenvalue weighted by Crippen LogP contribution is 2.17. The van der Waals surface area contributed by atoms with Crippen LogP contribution >= 0.6 is 11.6 Å². The third-order valence-electron chi connectivity index (χ3n) is 3.20. The Balaban J connectivity index is 1.94. The summed E-state index contributed by atoms with van der Waals surface area (Å²) in [6.45, 7) is 2.62. The average Bonchev–Trinajstić information content (AvgIpc) is 3.04. The van der Waals surface area contributed by atoms with Crippen LogP contribution in [0.3, 0.4) is 0 Å². The number of nitrogens with one attached hydrogen (secondary N) is 2. The third-order valence-corrected chi connectivity index (χ3v) is 3.55. The normalized spacial score (nSPS) is 12.0. The lowest BCUT2D eigenvalue weighted by atomic mass is 10.1. The number of carbonyl (C=O) groups is 1. The van der Waals surface area contributed by atoms with Crippen molar-refractivity contribution in [3.8, 4) is 0 Å². The van der Waals surface area contributed by atoms with Gasteiger partial charge in [-0.3, -0.25) is 4.79 Å². The van der Waals surface area contributed by atoms with Crippen molar-refractivity contribution in [1.82, 2.24) is 5.32 Å². The van der Waals surface area contributed by atoms with Crippen LogP contribution in [0.1, 0.15) is 21.7 Å². The first-order valence-electron chi connectivity index (χ1n) is 6.99. The van der Waals surface area contributed by atoms with Gasteiger partial charge >= 0.3 is 0 Å². The first-order valence-corrected chi connectivity index (χ1v) is 7.52. The maximum atomic E-state index is 12.1. The Morgan fingerprint density at radius 1 is 1.41 bits per heavy atom. The topological polar surface area (TPSA) is 74.5 Å². The van der Waals surface area contributed by atoms with Gasteiger partial charge in [-0.15, -0.1) is 11.6 Å². The number of benzene rings is 1. The van der Waals surface area contributed by atoms with Gasteiger partial charge in [-0.25, -0.2) is 0 Å². The van der Waals surface area contributed by atoms with Gasteiger partial charge in [-0.05, 0) is 42.8 Å². The van der Waals surface area contributed by atoms with Crippen molar-refractivity contribution in [3.63, 3.8) is 0 Å². The second-order valence-electron chi connectivity index (χ2n) is 4.98. The Morgan fingerprint density at radius 3 is 2.86 bits per heavy atom. The maximum Gasteiger partial charge on any atom is 0.251 e. The van der Waals surface area contributed by atoms with E-state index in [1.807, 2.05) is 13.0 Å². The average molecular weight is 323 g/mol. The standard InChI is InChI=1S/C16H19ClN2O3/c1-11-7-12(4-5-15(11)18-9-13(20)8-17)16(21)19-10-14-3-2-6-22-14/h2-7,13,18,20H,8-10H2,1H3,(H,19,21). The molecule has 0 saturated carbocycles. The van der Waals surface area contributed by atoms with Gasteiger partial charge in [-0.1, -0.05) is 0 Å². The van der Waals surface area contributed by atoms with Crippen LogP contribution in [0.15, 0.2) is 41.0 Å². The molecule has 1 heterocycles. The van der Waals surface area contributed by atoms with Crippen molar-refractivity contribution in [1.29, 1.82) is 0 Å². The first-order chi connectivity index (χ1) is 10.6. The van der Waals surface area contributed by atoms with Crippen molar-refractivity contribution in [3.05, 3.63) is 53.5 Å². The number of hydrogen-bond donors (Lipinski definition) is 3. The number of alkyl halides is 1. The molecule has 22 heavy (non-hydrogen) atoms. The van der Waals surface area contributed by atoms with Crippen LogP contribution in [0, 0.1) is 6.92 Å². The fraction of sp³-hybridized carbons (Fsp3) is 0.312. The Labute approximate surface area is 134 Å². The molecule has 118 valence electrons. The van der Waals surface area contributed by atoms with E-state index in [0.29, 0.717) is 24.4 Å². The number of halogens is 1. The van der Waals surface area contributed by atoms with Crippen LogP contribution in [-0.4, -0.2) is 29.5 Å². The van der Waals surface area contributed by atoms with E-state index in [2.05, 4.69) is 10.6 Å². The van der Waals surface area contributed by atoms with E-state index in [4.69, 9.17) is 16.0 Å². The molecule has 6 heteroatoms. The summed E-state index contributed by atoms with van der Waals surface area (Å²) >= 11 is 5.55. The van der Waals surface area contributed by atoms with E-state index in [0.717, 1.165) is 11.3 Å². The van der Waals surface area contributed by atoms with Crippen molar-refractivity contribution in [2.24, 2.45) is 0 Å². The summed E-state index contributed by atoms with van der Waals surface area (Å²) in [5, 5.41) is 15.3. The molecule has 1 unspecified atom stereocenters. The minimum atomic E-state index is -0.600. The van der Waals surface area contributed by atoms with Crippen molar-refractivity contribution >= 4 is 23.2 Å². The Kier molecular flexibility index (Phi) is 5.86. The zero-order valence-electron chi connectivity index (χ0n) is 12.3. The number of anilines is 1. The van der Waals surface area contributed by atoms with Crippen molar-refractivity contribution in [2.75, 3.05) is 17.7 Å². The van der Waals surface area contributed by atoms with Gasteiger partial charge < -0.3 is 20.2 Å². The molecule has 1 amide bonds. The van der Waals surface area contributed by atoms with Crippen LogP contribution in [0.4, 0.5) is 5.69 Å². The van der Waals surface area contributed by atoms with Crippen LogP contribution in [0.25, 0.3) is 0 Å². The molecule has 0 bridgehead atoms. The van der Waals surface area contributed by atoms with E-state index in [1.54, 1.807) is 30.5 Å². The zero-order valence-corrected chi connectivity index (χ0v) is 13.1. The fourth-order valence-corrected chi connectivity index (χ4v) is 2.08. The van der Waals surface area contributed by atoms with Crippen LogP contribution in [-0.2, 0) is 6.54 Å². The quantitative estimate of drug-likeness (QED) is 0.685. The molecule has 0 aliphatic rings. The molecule has 0 aliphatic heterocycles. The summed E-state index contributed by atoms with van der Waals surface area (Å²) in [6, 6.07) is 8.94. The maximum absolute atomic E-state index is 12.1. The smallest absolute Gasteiger partial charge is 0.251 e. The number of amides is 1. The number of carbonyl (C=O) groups excluding carboxylic acids is 1. The highest BCUT2D eigenvalue weighted by molar-refractivity contribution is 6.18. The number of rotatable bonds is 7. The number of furan rings is 1. The second kappa shape index (κ2) is 7.87. The van der Waals surface area contributed by atoms with Crippen LogP contribution in [0.5, 0.6) is 0 Å². The molecule has 1 atom stereocenters. The molecular formula is C16H19ClN2O3. The van der Waals surface area contributed by atoms with Gasteiger partial charge in [0.15, 0.2) is 0 Å². The Morgan fingerprint density at radius 2 is 2.23 bits per heavy atom. The van der Waals surface area contributed by atoms with Gasteiger partial charge in [0, 0.05) is 17.8 Å². The van der Waals surface area contributed by atoms with Gasteiger partial charge in [0.2, 0.25) is 0 Å². The number of aliphatic hydroxyl groups excluding tert-OH is 1. The van der Waals surface area contributed by atoms with E-state index in [1.165, 1.54) is 0 Å². The SMILES string of the molecule is Cc1cc(C(=O)NCc2ccco2)ccc1NCC(O)CCl. The van der Waals surface area contributed by atoms with Gasteiger partial charge in [0.25, 0.3) is 5.91 Å². The third kappa shape index (κ3) is 4.51. The lowest BCUT2D eigenvalue weighted by Crippen LogP contribution is -2.23. The summed E-state index contributed by atoms with van der Waals surface area (Å²) in [4.78, 5) is 12.1. The zero-order chi connectivity index (χ0) is 15.9. The molecule has 1 aromatic heterocycles. The molecule has 0 saturated heterocycles. The Hall–Kier alpha value is -1.98. The molecule has 0 aliphatic carbocycles. The van der Waals surface area contributed by atoms with Gasteiger partial charge in [0.05, 0.1) is 24.8 Å². The Bertz CT molecular complexity index is 614. The number of aryl methyl sites for hydroxylation is 1. The molecular weight excluding hydrogens is 304 g/mol. The van der Waals surface area contributed by atoms with E-state index in [9.17, 15) is 9.90 Å². The van der Waals surface area contributed by atoms with E-state index in [-0.39, 0.29) is 11.8 Å². The molecule has 3 N–H and O–H groups in total.